The van der Waals surface area contributed by atoms with Gasteiger partial charge in [0.25, 0.3) is 5.91 Å². The van der Waals surface area contributed by atoms with Crippen LogP contribution < -0.4 is 14.8 Å². The average Bonchev–Trinajstić information content (AvgIpc) is 3.31. The maximum absolute atomic E-state index is 13.7. The standard InChI is InChI=1S/C30H45N3O4S.C6H6/c1-4-6-19-33(20-7-5-2)27-21-25(30(34)32(3)23-24-15-11-8-9-12-16-24)22-28(38(31,35)36)29(27)37-26-17-13-10-14-18-26;1-2-4-6-5-3-1/h10,13-14,17-18,21-22,24H,4-9,11-12,15-16,19-20,23H2,1-3H3,(H2,31,35,36);1-6H. The molecule has 7 nitrogen and oxygen atoms in total. The molecule has 0 bridgehead atoms. The summed E-state index contributed by atoms with van der Waals surface area (Å²) < 4.78 is 32.0. The second kappa shape index (κ2) is 18.4. The second-order valence-electron chi connectivity index (χ2n) is 11.7. The maximum Gasteiger partial charge on any atom is 0.253 e. The molecule has 0 heterocycles. The Morgan fingerprint density at radius 3 is 1.86 bits per heavy atom. The third-order valence-corrected chi connectivity index (χ3v) is 8.89. The average molecular weight is 622 g/mol. The van der Waals surface area contributed by atoms with E-state index in [1.807, 2.05) is 61.6 Å². The lowest BCUT2D eigenvalue weighted by molar-refractivity contribution is 0.0767. The number of carbonyl (C=O) groups excluding carboxylic acids is 1. The van der Waals surface area contributed by atoms with Crippen LogP contribution in [-0.4, -0.2) is 45.9 Å². The van der Waals surface area contributed by atoms with Gasteiger partial charge in [-0.15, -0.1) is 0 Å². The number of ether oxygens (including phenoxy) is 1. The number of benzene rings is 3. The number of anilines is 1. The lowest BCUT2D eigenvalue weighted by Crippen LogP contribution is -2.33. The zero-order valence-electron chi connectivity index (χ0n) is 26.8. The van der Waals surface area contributed by atoms with Crippen LogP contribution in [0.5, 0.6) is 11.5 Å². The topological polar surface area (TPSA) is 92.9 Å². The van der Waals surface area contributed by atoms with Crippen molar-refractivity contribution in [2.45, 2.75) is 83.0 Å². The van der Waals surface area contributed by atoms with Crippen LogP contribution in [0.2, 0.25) is 0 Å². The minimum Gasteiger partial charge on any atom is -0.454 e. The van der Waals surface area contributed by atoms with E-state index in [0.29, 0.717) is 29.5 Å². The number of rotatable bonds is 13. The number of hydrogen-bond donors (Lipinski definition) is 1. The van der Waals surface area contributed by atoms with Gasteiger partial charge in [-0.3, -0.25) is 4.79 Å². The molecule has 44 heavy (non-hydrogen) atoms. The van der Waals surface area contributed by atoms with E-state index in [1.165, 1.54) is 31.7 Å². The fraction of sp³-hybridized carbons (Fsp3) is 0.472. The van der Waals surface area contributed by atoms with Gasteiger partial charge in [-0.2, -0.15) is 0 Å². The van der Waals surface area contributed by atoms with E-state index in [2.05, 4.69) is 18.7 Å². The number of amides is 1. The minimum atomic E-state index is -4.19. The summed E-state index contributed by atoms with van der Waals surface area (Å²) in [6.07, 6.45) is 11.0. The van der Waals surface area contributed by atoms with Crippen molar-refractivity contribution in [2.75, 3.05) is 31.6 Å². The van der Waals surface area contributed by atoms with Crippen molar-refractivity contribution in [1.82, 2.24) is 4.90 Å². The molecule has 8 heteroatoms. The smallest absolute Gasteiger partial charge is 0.253 e. The van der Waals surface area contributed by atoms with Crippen molar-refractivity contribution in [3.8, 4) is 11.5 Å². The zero-order chi connectivity index (χ0) is 31.8. The number of nitrogens with two attached hydrogens (primary N) is 1. The molecular weight excluding hydrogens is 570 g/mol. The molecule has 1 aliphatic rings. The summed E-state index contributed by atoms with van der Waals surface area (Å²) in [6.45, 7) is 6.36. The van der Waals surface area contributed by atoms with Gasteiger partial charge in [0.15, 0.2) is 5.75 Å². The summed E-state index contributed by atoms with van der Waals surface area (Å²) in [5.41, 5.74) is 0.909. The first-order valence-corrected chi connectivity index (χ1v) is 17.7. The van der Waals surface area contributed by atoms with Crippen LogP contribution in [0.1, 0.15) is 88.4 Å². The molecule has 4 rings (SSSR count). The molecule has 0 aromatic heterocycles. The van der Waals surface area contributed by atoms with Gasteiger partial charge in [-0.25, -0.2) is 13.6 Å². The molecule has 1 aliphatic carbocycles. The van der Waals surface area contributed by atoms with Gasteiger partial charge in [-0.05, 0) is 55.9 Å². The van der Waals surface area contributed by atoms with Crippen molar-refractivity contribution in [3.05, 3.63) is 84.4 Å². The minimum absolute atomic E-state index is 0.164. The fourth-order valence-corrected chi connectivity index (χ4v) is 6.23. The van der Waals surface area contributed by atoms with Crippen molar-refractivity contribution >= 4 is 21.6 Å². The third-order valence-electron chi connectivity index (χ3n) is 7.98. The largest absolute Gasteiger partial charge is 0.454 e. The number of para-hydroxylation sites is 1. The van der Waals surface area contributed by atoms with Gasteiger partial charge in [0, 0.05) is 32.2 Å². The van der Waals surface area contributed by atoms with E-state index in [1.54, 1.807) is 23.1 Å². The molecule has 0 unspecified atom stereocenters. The Balaban J connectivity index is 0.000000785. The van der Waals surface area contributed by atoms with Crippen LogP contribution >= 0.6 is 0 Å². The van der Waals surface area contributed by atoms with E-state index < -0.39 is 10.0 Å². The monoisotopic (exact) mass is 621 g/mol. The molecule has 0 spiro atoms. The second-order valence-corrected chi connectivity index (χ2v) is 13.2. The van der Waals surface area contributed by atoms with Gasteiger partial charge < -0.3 is 14.5 Å². The molecular formula is C36H51N3O4S. The molecule has 0 atom stereocenters. The van der Waals surface area contributed by atoms with Crippen LogP contribution in [0.25, 0.3) is 0 Å². The summed E-state index contributed by atoms with van der Waals surface area (Å²) in [5, 5.41) is 5.74. The Morgan fingerprint density at radius 1 is 0.841 bits per heavy atom. The van der Waals surface area contributed by atoms with E-state index in [9.17, 15) is 13.2 Å². The summed E-state index contributed by atoms with van der Waals surface area (Å²) in [6, 6.07) is 24.3. The van der Waals surface area contributed by atoms with E-state index >= 15 is 0 Å². The van der Waals surface area contributed by atoms with E-state index in [4.69, 9.17) is 9.88 Å². The number of hydrogen-bond acceptors (Lipinski definition) is 5. The first-order chi connectivity index (χ1) is 21.2. The summed E-state index contributed by atoms with van der Waals surface area (Å²) >= 11 is 0. The molecule has 2 N–H and O–H groups in total. The van der Waals surface area contributed by atoms with Crippen LogP contribution in [-0.2, 0) is 10.0 Å². The highest BCUT2D eigenvalue weighted by Gasteiger charge is 2.28. The van der Waals surface area contributed by atoms with Crippen molar-refractivity contribution in [3.63, 3.8) is 0 Å². The molecule has 1 amide bonds. The first kappa shape index (κ1) is 35.1. The third kappa shape index (κ3) is 11.3. The lowest BCUT2D eigenvalue weighted by atomic mass is 9.99. The van der Waals surface area contributed by atoms with Crippen LogP contribution in [0.4, 0.5) is 5.69 Å². The number of carbonyl (C=O) groups is 1. The predicted octanol–water partition coefficient (Wildman–Crippen LogP) is 8.26. The summed E-state index contributed by atoms with van der Waals surface area (Å²) in [5.74, 6) is 0.954. The number of unbranched alkanes of at least 4 members (excludes halogenated alkanes) is 2. The van der Waals surface area contributed by atoms with Crippen LogP contribution in [0.3, 0.4) is 0 Å². The predicted molar refractivity (Wildman–Crippen MR) is 181 cm³/mol. The molecule has 0 radical (unpaired) electrons. The zero-order valence-corrected chi connectivity index (χ0v) is 27.6. The van der Waals surface area contributed by atoms with Gasteiger partial charge in [0.05, 0.1) is 5.69 Å². The Morgan fingerprint density at radius 2 is 1.36 bits per heavy atom. The van der Waals surface area contributed by atoms with Gasteiger partial charge in [0.1, 0.15) is 10.6 Å². The van der Waals surface area contributed by atoms with Crippen molar-refractivity contribution < 1.29 is 17.9 Å². The highest BCUT2D eigenvalue weighted by molar-refractivity contribution is 7.89. The van der Waals surface area contributed by atoms with Crippen molar-refractivity contribution in [1.29, 1.82) is 0 Å². The quantitative estimate of drug-likeness (QED) is 0.194. The molecule has 3 aromatic rings. The Kier molecular flexibility index (Phi) is 14.7. The van der Waals surface area contributed by atoms with Gasteiger partial charge in [-0.1, -0.05) is 107 Å². The Labute approximate surface area is 265 Å². The van der Waals surface area contributed by atoms with Crippen molar-refractivity contribution in [2.24, 2.45) is 11.1 Å². The number of sulfonamides is 1. The fourth-order valence-electron chi connectivity index (χ4n) is 5.54. The summed E-state index contributed by atoms with van der Waals surface area (Å²) in [4.78, 5) is 17.4. The molecule has 240 valence electrons. The highest BCUT2D eigenvalue weighted by atomic mass is 32.2. The first-order valence-electron chi connectivity index (χ1n) is 16.2. The Bertz CT molecular complexity index is 1320. The number of nitrogens with zero attached hydrogens (tertiary/aromatic N) is 2. The number of primary sulfonamides is 1. The lowest BCUT2D eigenvalue weighted by Gasteiger charge is -2.29. The van der Waals surface area contributed by atoms with E-state index in [-0.39, 0.29) is 16.6 Å². The summed E-state index contributed by atoms with van der Waals surface area (Å²) in [7, 11) is -2.38. The normalized spacial score (nSPS) is 13.7. The Hall–Kier alpha value is -3.36. The highest BCUT2D eigenvalue weighted by Crippen LogP contribution is 2.40. The van der Waals surface area contributed by atoms with E-state index in [0.717, 1.165) is 51.6 Å². The van der Waals surface area contributed by atoms with Crippen LogP contribution in [0.15, 0.2) is 83.8 Å². The van der Waals surface area contributed by atoms with Gasteiger partial charge >= 0.3 is 0 Å². The maximum atomic E-state index is 13.7. The molecule has 0 saturated heterocycles. The van der Waals surface area contributed by atoms with Gasteiger partial charge in [0.2, 0.25) is 10.0 Å². The molecule has 1 saturated carbocycles. The molecule has 3 aromatic carbocycles. The molecule has 0 aliphatic heterocycles. The molecule has 1 fully saturated rings. The SMILES string of the molecule is CCCCN(CCCC)c1cc(C(=O)N(C)CC2CCCCCC2)cc(S(N)(=O)=O)c1Oc1ccccc1.c1ccccc1. The van der Waals surface area contributed by atoms with Crippen LogP contribution in [0, 0.1) is 5.92 Å².